The molecule has 0 spiro atoms. The molecule has 0 aromatic rings. The first-order chi connectivity index (χ1) is 5.26. The maximum absolute atomic E-state index is 11.0. The summed E-state index contributed by atoms with van der Waals surface area (Å²) in [6.07, 6.45) is 1.06. The molecule has 4 heteroatoms. The van der Waals surface area contributed by atoms with E-state index in [9.17, 15) is 9.36 Å². The van der Waals surface area contributed by atoms with Crippen molar-refractivity contribution in [3.63, 3.8) is 0 Å². The molecule has 0 rings (SSSR count). The van der Waals surface area contributed by atoms with Crippen LogP contribution in [0.2, 0.25) is 0 Å². The number of carbonyl (C=O) groups excluding carboxylic acids is 1. The minimum absolute atomic E-state index is 0.0145. The van der Waals surface area contributed by atoms with E-state index in [0.717, 1.165) is 0 Å². The lowest BCUT2D eigenvalue weighted by Crippen LogP contribution is -2.18. The van der Waals surface area contributed by atoms with Crippen molar-refractivity contribution >= 4 is 14.4 Å². The van der Waals surface area contributed by atoms with E-state index in [2.05, 4.69) is 0 Å². The van der Waals surface area contributed by atoms with Crippen molar-refractivity contribution in [3.05, 3.63) is 0 Å². The number of carbonyl (C=O) groups is 1. The summed E-state index contributed by atoms with van der Waals surface area (Å²) in [5.74, 6) is -0.438. The van der Waals surface area contributed by atoms with Gasteiger partial charge in [0.2, 0.25) is 0 Å². The minimum atomic E-state index is -0.238. The molecule has 1 unspecified atom stereocenters. The second-order valence-corrected chi connectivity index (χ2v) is 2.79. The predicted molar refractivity (Wildman–Crippen MR) is 42.9 cm³/mol. The van der Waals surface area contributed by atoms with Gasteiger partial charge in [-0.15, -0.1) is 0 Å². The van der Waals surface area contributed by atoms with Crippen LogP contribution in [0.3, 0.4) is 0 Å². The quantitative estimate of drug-likeness (QED) is 0.474. The lowest BCUT2D eigenvalue weighted by molar-refractivity contribution is -0.147. The summed E-state index contributed by atoms with van der Waals surface area (Å²) in [7, 11) is 0.0145. The zero-order chi connectivity index (χ0) is 8.69. The Hall–Kier alpha value is -0.430. The number of ether oxygens (including phenoxy) is 1. The molecular formula is C7H13O3P. The van der Waals surface area contributed by atoms with E-state index in [0.29, 0.717) is 19.2 Å². The van der Waals surface area contributed by atoms with Crippen molar-refractivity contribution < 1.29 is 14.1 Å². The highest BCUT2D eigenvalue weighted by Crippen LogP contribution is 2.11. The van der Waals surface area contributed by atoms with Crippen LogP contribution in [0.4, 0.5) is 0 Å². The Morgan fingerprint density at radius 2 is 2.18 bits per heavy atom. The lowest BCUT2D eigenvalue weighted by Gasteiger charge is -2.08. The van der Waals surface area contributed by atoms with E-state index in [4.69, 9.17) is 4.74 Å². The Morgan fingerprint density at radius 1 is 1.55 bits per heavy atom. The molecule has 0 heterocycles. The fraction of sp³-hybridized carbons (Fsp3) is 0.857. The fourth-order valence-electron chi connectivity index (χ4n) is 0.720. The largest absolute Gasteiger partial charge is 0.466 e. The lowest BCUT2D eigenvalue weighted by atomic mass is 10.1. The van der Waals surface area contributed by atoms with Crippen LogP contribution in [0.1, 0.15) is 20.3 Å². The van der Waals surface area contributed by atoms with Gasteiger partial charge in [-0.1, -0.05) is 6.92 Å². The number of esters is 1. The van der Waals surface area contributed by atoms with Crippen molar-refractivity contribution in [2.75, 3.05) is 12.8 Å². The Labute approximate surface area is 68.3 Å². The molecule has 0 radical (unpaired) electrons. The van der Waals surface area contributed by atoms with Crippen molar-refractivity contribution in [2.24, 2.45) is 5.92 Å². The summed E-state index contributed by atoms with van der Waals surface area (Å²) in [4.78, 5) is 11.0. The maximum Gasteiger partial charge on any atom is 0.309 e. The van der Waals surface area contributed by atoms with E-state index in [1.165, 1.54) is 0 Å². The van der Waals surface area contributed by atoms with Gasteiger partial charge in [0, 0.05) is 6.16 Å². The van der Waals surface area contributed by atoms with Gasteiger partial charge in [-0.2, -0.15) is 0 Å². The molecule has 0 aromatic heterocycles. The Morgan fingerprint density at radius 3 is 2.55 bits per heavy atom. The van der Waals surface area contributed by atoms with Gasteiger partial charge in [-0.05, 0) is 13.3 Å². The average Bonchev–Trinajstić information content (AvgIpc) is 2.00. The Bertz CT molecular complexity index is 136. The molecule has 0 aliphatic heterocycles. The molecule has 64 valence electrons. The van der Waals surface area contributed by atoms with E-state index in [1.54, 1.807) is 6.92 Å². The second kappa shape index (κ2) is 6.29. The van der Waals surface area contributed by atoms with Gasteiger partial charge in [0.15, 0.2) is 8.46 Å². The topological polar surface area (TPSA) is 43.4 Å². The molecule has 11 heavy (non-hydrogen) atoms. The highest BCUT2D eigenvalue weighted by Gasteiger charge is 2.16. The van der Waals surface area contributed by atoms with Crippen LogP contribution in [-0.4, -0.2) is 18.7 Å². The minimum Gasteiger partial charge on any atom is -0.466 e. The molecule has 0 aliphatic carbocycles. The molecule has 0 aliphatic rings. The SMILES string of the molecule is CCOC(=O)C(CC)CP=O. The third-order valence-corrected chi connectivity index (χ3v) is 2.00. The summed E-state index contributed by atoms with van der Waals surface area (Å²) in [5.41, 5.74) is 0. The van der Waals surface area contributed by atoms with Crippen LogP contribution < -0.4 is 0 Å². The Balaban J connectivity index is 3.80. The van der Waals surface area contributed by atoms with Gasteiger partial charge in [0.1, 0.15) is 0 Å². The first-order valence-corrected chi connectivity index (χ1v) is 4.71. The number of hydrogen-bond acceptors (Lipinski definition) is 3. The standard InChI is InChI=1S/C7H13O3P/c1-3-6(5-11-9)7(8)10-4-2/h6H,3-5H2,1-2H3. The molecule has 0 amide bonds. The molecular weight excluding hydrogens is 163 g/mol. The summed E-state index contributed by atoms with van der Waals surface area (Å²) < 4.78 is 14.9. The average molecular weight is 176 g/mol. The summed E-state index contributed by atoms with van der Waals surface area (Å²) in [5, 5.41) is 0. The molecule has 1 atom stereocenters. The number of rotatable bonds is 5. The normalized spacial score (nSPS) is 12.9. The Kier molecular flexibility index (Phi) is 6.05. The van der Waals surface area contributed by atoms with E-state index < -0.39 is 0 Å². The van der Waals surface area contributed by atoms with E-state index in [-0.39, 0.29) is 20.3 Å². The summed E-state index contributed by atoms with van der Waals surface area (Å²) >= 11 is 0. The molecule has 0 bridgehead atoms. The zero-order valence-corrected chi connectivity index (χ0v) is 7.77. The maximum atomic E-state index is 11.0. The highest BCUT2D eigenvalue weighted by molar-refractivity contribution is 7.23. The van der Waals surface area contributed by atoms with Crippen LogP contribution in [0.15, 0.2) is 0 Å². The van der Waals surface area contributed by atoms with Crippen molar-refractivity contribution in [1.29, 1.82) is 0 Å². The summed E-state index contributed by atoms with van der Waals surface area (Å²) in [6, 6.07) is 0. The van der Waals surface area contributed by atoms with Gasteiger partial charge in [0.05, 0.1) is 12.5 Å². The first-order valence-electron chi connectivity index (χ1n) is 3.72. The van der Waals surface area contributed by atoms with Crippen LogP contribution in [-0.2, 0) is 14.1 Å². The molecule has 0 saturated heterocycles. The van der Waals surface area contributed by atoms with Gasteiger partial charge in [-0.25, -0.2) is 0 Å². The van der Waals surface area contributed by atoms with Crippen LogP contribution in [0, 0.1) is 5.92 Å². The van der Waals surface area contributed by atoms with Crippen LogP contribution >= 0.6 is 8.46 Å². The molecule has 0 aromatic carbocycles. The van der Waals surface area contributed by atoms with Crippen molar-refractivity contribution in [2.45, 2.75) is 20.3 Å². The molecule has 0 fully saturated rings. The summed E-state index contributed by atoms with van der Waals surface area (Å²) in [6.45, 7) is 4.04. The fourth-order valence-corrected chi connectivity index (χ4v) is 1.31. The monoisotopic (exact) mass is 176 g/mol. The molecule has 0 N–H and O–H groups in total. The number of hydrogen-bond donors (Lipinski definition) is 0. The van der Waals surface area contributed by atoms with E-state index in [1.807, 2.05) is 6.92 Å². The third-order valence-electron chi connectivity index (χ3n) is 1.41. The van der Waals surface area contributed by atoms with Gasteiger partial charge >= 0.3 is 5.97 Å². The van der Waals surface area contributed by atoms with E-state index >= 15 is 0 Å². The van der Waals surface area contributed by atoms with Gasteiger partial charge < -0.3 is 4.74 Å². The van der Waals surface area contributed by atoms with Crippen molar-refractivity contribution in [1.82, 2.24) is 0 Å². The zero-order valence-electron chi connectivity index (χ0n) is 6.87. The van der Waals surface area contributed by atoms with Crippen LogP contribution in [0.25, 0.3) is 0 Å². The first kappa shape index (κ1) is 10.6. The van der Waals surface area contributed by atoms with Crippen LogP contribution in [0.5, 0.6) is 0 Å². The second-order valence-electron chi connectivity index (χ2n) is 2.17. The molecule has 3 nitrogen and oxygen atoms in total. The van der Waals surface area contributed by atoms with Crippen molar-refractivity contribution in [3.8, 4) is 0 Å². The molecule has 0 saturated carbocycles. The predicted octanol–water partition coefficient (Wildman–Crippen LogP) is 1.87. The van der Waals surface area contributed by atoms with Gasteiger partial charge in [0.25, 0.3) is 0 Å². The third kappa shape index (κ3) is 4.10. The smallest absolute Gasteiger partial charge is 0.309 e. The van der Waals surface area contributed by atoms with Gasteiger partial charge in [-0.3, -0.25) is 9.36 Å². The highest BCUT2D eigenvalue weighted by atomic mass is 31.1.